The molecular weight excluding hydrogens is 279 g/mol. The van der Waals surface area contributed by atoms with E-state index < -0.39 is 0 Å². The molecule has 1 saturated heterocycles. The van der Waals surface area contributed by atoms with Gasteiger partial charge in [-0.15, -0.1) is 0 Å². The Morgan fingerprint density at radius 1 is 1.00 bits per heavy atom. The minimum absolute atomic E-state index is 0.661. The van der Waals surface area contributed by atoms with Gasteiger partial charge in [0.2, 0.25) is 0 Å². The molecule has 2 atom stereocenters. The lowest BCUT2D eigenvalue weighted by molar-refractivity contribution is 0.543. The smallest absolute Gasteiger partial charge is 0.0580 e. The van der Waals surface area contributed by atoms with Gasteiger partial charge in [-0.25, -0.2) is 0 Å². The lowest BCUT2D eigenvalue weighted by atomic mass is 10.0. The highest BCUT2D eigenvalue weighted by Gasteiger charge is 2.46. The predicted molar refractivity (Wildman–Crippen MR) is 67.9 cm³/mol. The van der Waals surface area contributed by atoms with Crippen LogP contribution >= 0.6 is 21.2 Å². The Hall–Kier alpha value is 1.08. The molecule has 0 aromatic rings. The maximum atomic E-state index is 2.71. The van der Waals surface area contributed by atoms with Gasteiger partial charge in [0.1, 0.15) is 10.5 Å². The number of hydrogen-bond acceptors (Lipinski definition) is 0. The third-order valence-electron chi connectivity index (χ3n) is 2.80. The van der Waals surface area contributed by atoms with E-state index in [1.54, 1.807) is 0 Å². The first kappa shape index (κ1) is 11.2. The summed E-state index contributed by atoms with van der Waals surface area (Å²) in [5, 5.41) is 2.02. The number of rotatable bonds is 2. The Morgan fingerprint density at radius 3 is 1.50 bits per heavy atom. The first-order valence-electron chi connectivity index (χ1n) is 4.92. The van der Waals surface area contributed by atoms with Crippen LogP contribution in [0, 0.1) is 11.8 Å². The van der Waals surface area contributed by atoms with Crippen molar-refractivity contribution in [3.8, 4) is 0 Å². The maximum Gasteiger partial charge on any atom is 0.251 e. The van der Waals surface area contributed by atoms with Gasteiger partial charge in [-0.2, -0.15) is 0 Å². The van der Waals surface area contributed by atoms with Crippen molar-refractivity contribution in [2.45, 2.75) is 51.0 Å². The van der Waals surface area contributed by atoms with E-state index in [1.165, 1.54) is 12.8 Å². The van der Waals surface area contributed by atoms with Crippen molar-refractivity contribution in [1.82, 2.24) is 0 Å². The fraction of sp³-hybridized carbons (Fsp3) is 1.00. The topological polar surface area (TPSA) is 0 Å². The highest BCUT2D eigenvalue weighted by molar-refractivity contribution is 14.2. The molecule has 0 spiro atoms. The van der Waals surface area contributed by atoms with Crippen LogP contribution in [0.3, 0.4) is 0 Å². The molecule has 1 heterocycles. The summed E-state index contributed by atoms with van der Waals surface area (Å²) in [4.78, 5) is 0. The Morgan fingerprint density at radius 2 is 1.33 bits per heavy atom. The fourth-order valence-corrected chi connectivity index (χ4v) is 9.23. The second-order valence-electron chi connectivity index (χ2n) is 4.46. The lowest BCUT2D eigenvalue weighted by Crippen LogP contribution is -2.25. The van der Waals surface area contributed by atoms with Gasteiger partial charge in [0, 0.05) is 24.7 Å². The molecular formula is C10H20IS+. The zero-order valence-electron chi connectivity index (χ0n) is 8.51. The molecule has 0 aromatic carbocycles. The van der Waals surface area contributed by atoms with E-state index in [2.05, 4.69) is 48.9 Å². The number of halogens is 1. The zero-order chi connectivity index (χ0) is 9.30. The van der Waals surface area contributed by atoms with E-state index in [9.17, 15) is 0 Å². The van der Waals surface area contributed by atoms with Gasteiger partial charge in [-0.1, -0.05) is 27.7 Å². The summed E-state index contributed by atoms with van der Waals surface area (Å²) >= 11 is 2.71. The Bertz CT molecular complexity index is 129. The molecule has 0 aromatic heterocycles. The summed E-state index contributed by atoms with van der Waals surface area (Å²) < 4.78 is 0. The molecule has 0 radical (unpaired) electrons. The summed E-state index contributed by atoms with van der Waals surface area (Å²) in [7, 11) is 0.661. The molecule has 1 aliphatic heterocycles. The second-order valence-corrected chi connectivity index (χ2v) is 9.35. The van der Waals surface area contributed by atoms with Crippen molar-refractivity contribution >= 4 is 29.3 Å². The maximum absolute atomic E-state index is 2.71. The second kappa shape index (κ2) is 4.54. The Labute approximate surface area is 91.8 Å². The summed E-state index contributed by atoms with van der Waals surface area (Å²) in [6, 6.07) is 0. The standard InChI is InChI=1S/C10H20IS/c1-7(2)9-5-6-10(8(3)4)12(9)11/h7-10H,5-6H2,1-4H3/q+1/t9-,10-/m0/s1. The molecule has 0 unspecified atom stereocenters. The highest BCUT2D eigenvalue weighted by atomic mass is 127. The van der Waals surface area contributed by atoms with Crippen molar-refractivity contribution in [2.24, 2.45) is 11.8 Å². The SMILES string of the molecule is CC(C)[C@@H]1CC[C@@H](C(C)C)[S+]1I. The first-order valence-corrected chi connectivity index (χ1v) is 8.81. The van der Waals surface area contributed by atoms with Crippen LogP contribution in [-0.4, -0.2) is 10.5 Å². The van der Waals surface area contributed by atoms with Gasteiger partial charge in [0.05, 0.1) is 8.07 Å². The van der Waals surface area contributed by atoms with E-state index >= 15 is 0 Å². The van der Waals surface area contributed by atoms with Gasteiger partial charge >= 0.3 is 0 Å². The zero-order valence-corrected chi connectivity index (χ0v) is 11.5. The third-order valence-corrected chi connectivity index (χ3v) is 9.44. The summed E-state index contributed by atoms with van der Waals surface area (Å²) in [5.41, 5.74) is 0. The van der Waals surface area contributed by atoms with Gasteiger partial charge < -0.3 is 0 Å². The van der Waals surface area contributed by atoms with Crippen molar-refractivity contribution in [1.29, 1.82) is 0 Å². The van der Waals surface area contributed by atoms with Gasteiger partial charge in [-0.3, -0.25) is 0 Å². The van der Waals surface area contributed by atoms with E-state index in [0.717, 1.165) is 22.3 Å². The number of hydrogen-bond donors (Lipinski definition) is 0. The first-order chi connectivity index (χ1) is 5.54. The monoisotopic (exact) mass is 299 g/mol. The average Bonchev–Trinajstić information content (AvgIpc) is 2.30. The van der Waals surface area contributed by atoms with Crippen LogP contribution in [0.5, 0.6) is 0 Å². The van der Waals surface area contributed by atoms with Gasteiger partial charge in [0.25, 0.3) is 21.2 Å². The Balaban J connectivity index is 2.55. The lowest BCUT2D eigenvalue weighted by Gasteiger charge is -2.15. The molecule has 0 saturated carbocycles. The van der Waals surface area contributed by atoms with Crippen molar-refractivity contribution in [3.05, 3.63) is 0 Å². The Kier molecular flexibility index (Phi) is 4.22. The van der Waals surface area contributed by atoms with Crippen LogP contribution in [0.1, 0.15) is 40.5 Å². The van der Waals surface area contributed by atoms with Crippen molar-refractivity contribution < 1.29 is 0 Å². The summed E-state index contributed by atoms with van der Waals surface area (Å²) in [5.74, 6) is 1.79. The fourth-order valence-electron chi connectivity index (χ4n) is 1.96. The molecule has 0 amide bonds. The van der Waals surface area contributed by atoms with E-state index in [1.807, 2.05) is 0 Å². The summed E-state index contributed by atoms with van der Waals surface area (Å²) in [6.45, 7) is 9.52. The van der Waals surface area contributed by atoms with Gasteiger partial charge in [-0.05, 0) is 0 Å². The molecule has 0 nitrogen and oxygen atoms in total. The van der Waals surface area contributed by atoms with E-state index in [0.29, 0.717) is 8.07 Å². The molecule has 2 heteroatoms. The van der Waals surface area contributed by atoms with Crippen LogP contribution in [0.4, 0.5) is 0 Å². The summed E-state index contributed by atoms with van der Waals surface area (Å²) in [6.07, 6.45) is 2.96. The highest BCUT2D eigenvalue weighted by Crippen LogP contribution is 2.41. The molecule has 1 aliphatic rings. The van der Waals surface area contributed by atoms with Crippen LogP contribution in [-0.2, 0) is 8.07 Å². The third kappa shape index (κ3) is 2.31. The van der Waals surface area contributed by atoms with E-state index in [-0.39, 0.29) is 0 Å². The molecule has 1 fully saturated rings. The molecule has 0 aliphatic carbocycles. The minimum atomic E-state index is 0.661. The van der Waals surface area contributed by atoms with Gasteiger partial charge in [0.15, 0.2) is 0 Å². The van der Waals surface area contributed by atoms with Crippen LogP contribution in [0.15, 0.2) is 0 Å². The molecule has 1 rings (SSSR count). The minimum Gasteiger partial charge on any atom is -0.0580 e. The largest absolute Gasteiger partial charge is 0.251 e. The van der Waals surface area contributed by atoms with Crippen molar-refractivity contribution in [2.75, 3.05) is 0 Å². The van der Waals surface area contributed by atoms with Crippen LogP contribution in [0.2, 0.25) is 0 Å². The van der Waals surface area contributed by atoms with Crippen LogP contribution < -0.4 is 0 Å². The molecule has 72 valence electrons. The average molecular weight is 299 g/mol. The quantitative estimate of drug-likeness (QED) is 0.537. The van der Waals surface area contributed by atoms with E-state index in [4.69, 9.17) is 0 Å². The molecule has 0 N–H and O–H groups in total. The predicted octanol–water partition coefficient (Wildman–Crippen LogP) is 3.80. The van der Waals surface area contributed by atoms with Crippen LogP contribution in [0.25, 0.3) is 0 Å². The molecule has 12 heavy (non-hydrogen) atoms. The van der Waals surface area contributed by atoms with Crippen molar-refractivity contribution in [3.63, 3.8) is 0 Å². The molecule has 0 bridgehead atoms. The normalized spacial score (nSPS) is 32.2.